The van der Waals surface area contributed by atoms with E-state index in [2.05, 4.69) is 10.6 Å². The molecule has 0 aromatic heterocycles. The number of carboxylic acid groups (broad SMARTS) is 1. The third-order valence-corrected chi connectivity index (χ3v) is 3.33. The Morgan fingerprint density at radius 3 is 2.63 bits per heavy atom. The molecule has 5 nitrogen and oxygen atoms in total. The van der Waals surface area contributed by atoms with E-state index in [4.69, 9.17) is 0 Å². The Hall–Kier alpha value is -1.88. The van der Waals surface area contributed by atoms with Gasteiger partial charge in [-0.2, -0.15) is 0 Å². The Morgan fingerprint density at radius 1 is 1.32 bits per heavy atom. The molecule has 102 valence electrons. The van der Waals surface area contributed by atoms with Crippen LogP contribution >= 0.6 is 0 Å². The molecule has 0 aliphatic carbocycles. The lowest BCUT2D eigenvalue weighted by Crippen LogP contribution is -2.43. The highest BCUT2D eigenvalue weighted by molar-refractivity contribution is 5.86. The van der Waals surface area contributed by atoms with Crippen LogP contribution in [0.15, 0.2) is 30.3 Å². The summed E-state index contributed by atoms with van der Waals surface area (Å²) in [7, 11) is 0. The molecule has 5 heteroatoms. The standard InChI is InChI=1S/C14H18N2O3/c17-13(11-7-4-8-15-9-11)16-12(14(18)19)10-5-2-1-3-6-10/h1-3,5-6,11-12,15H,4,7-9H2,(H,16,17)(H,18,19)/t11-,12-/m1/s1. The van der Waals surface area contributed by atoms with Gasteiger partial charge >= 0.3 is 5.97 Å². The van der Waals surface area contributed by atoms with Crippen molar-refractivity contribution >= 4 is 11.9 Å². The van der Waals surface area contributed by atoms with Gasteiger partial charge in [-0.3, -0.25) is 4.79 Å². The van der Waals surface area contributed by atoms with Gasteiger partial charge in [0.05, 0.1) is 5.92 Å². The summed E-state index contributed by atoms with van der Waals surface area (Å²) >= 11 is 0. The van der Waals surface area contributed by atoms with E-state index >= 15 is 0 Å². The van der Waals surface area contributed by atoms with Crippen LogP contribution in [0.3, 0.4) is 0 Å². The maximum Gasteiger partial charge on any atom is 0.330 e. The predicted molar refractivity (Wildman–Crippen MR) is 70.6 cm³/mol. The number of carbonyl (C=O) groups excluding carboxylic acids is 1. The fourth-order valence-electron chi connectivity index (χ4n) is 2.27. The highest BCUT2D eigenvalue weighted by Crippen LogP contribution is 2.16. The number of nitrogens with one attached hydrogen (secondary N) is 2. The zero-order chi connectivity index (χ0) is 13.7. The topological polar surface area (TPSA) is 78.4 Å². The summed E-state index contributed by atoms with van der Waals surface area (Å²) in [5.41, 5.74) is 0.590. The Balaban J connectivity index is 2.04. The number of piperidine rings is 1. The molecule has 0 bridgehead atoms. The average Bonchev–Trinajstić information content (AvgIpc) is 2.46. The van der Waals surface area contributed by atoms with Gasteiger partial charge in [0.15, 0.2) is 6.04 Å². The number of hydrogen-bond acceptors (Lipinski definition) is 3. The fraction of sp³-hybridized carbons (Fsp3) is 0.429. The molecule has 1 aliphatic heterocycles. The summed E-state index contributed by atoms with van der Waals surface area (Å²) in [4.78, 5) is 23.4. The average molecular weight is 262 g/mol. The number of benzene rings is 1. The van der Waals surface area contributed by atoms with E-state index in [0.29, 0.717) is 12.1 Å². The van der Waals surface area contributed by atoms with Crippen molar-refractivity contribution in [2.45, 2.75) is 18.9 Å². The lowest BCUT2D eigenvalue weighted by Gasteiger charge is -2.24. The molecule has 2 rings (SSSR count). The van der Waals surface area contributed by atoms with Gasteiger partial charge in [0.25, 0.3) is 0 Å². The minimum absolute atomic E-state index is 0.140. The quantitative estimate of drug-likeness (QED) is 0.754. The lowest BCUT2D eigenvalue weighted by atomic mass is 9.97. The lowest BCUT2D eigenvalue weighted by molar-refractivity contribution is -0.142. The van der Waals surface area contributed by atoms with Crippen LogP contribution in [-0.4, -0.2) is 30.1 Å². The molecule has 19 heavy (non-hydrogen) atoms. The third-order valence-electron chi connectivity index (χ3n) is 3.33. The molecular formula is C14H18N2O3. The second-order valence-corrected chi connectivity index (χ2v) is 4.73. The fourth-order valence-corrected chi connectivity index (χ4v) is 2.27. The molecule has 1 heterocycles. The SMILES string of the molecule is O=C(N[C@@H](C(=O)O)c1ccccc1)[C@@H]1CCCNC1. The van der Waals surface area contributed by atoms with Crippen LogP contribution in [0.25, 0.3) is 0 Å². The first-order valence-corrected chi connectivity index (χ1v) is 6.47. The van der Waals surface area contributed by atoms with Crippen molar-refractivity contribution in [3.05, 3.63) is 35.9 Å². The summed E-state index contributed by atoms with van der Waals surface area (Å²) in [6.07, 6.45) is 1.75. The molecule has 1 aromatic carbocycles. The van der Waals surface area contributed by atoms with Crippen molar-refractivity contribution in [2.75, 3.05) is 13.1 Å². The van der Waals surface area contributed by atoms with Gasteiger partial charge in [-0.1, -0.05) is 30.3 Å². The summed E-state index contributed by atoms with van der Waals surface area (Å²) in [5.74, 6) is -1.37. The minimum atomic E-state index is -1.04. The Bertz CT molecular complexity index is 441. The molecule has 0 spiro atoms. The number of carboxylic acids is 1. The first-order chi connectivity index (χ1) is 9.18. The van der Waals surface area contributed by atoms with Crippen molar-refractivity contribution in [1.82, 2.24) is 10.6 Å². The van der Waals surface area contributed by atoms with Crippen LogP contribution in [0.1, 0.15) is 24.4 Å². The van der Waals surface area contributed by atoms with Crippen molar-refractivity contribution in [2.24, 2.45) is 5.92 Å². The van der Waals surface area contributed by atoms with Crippen molar-refractivity contribution in [3.63, 3.8) is 0 Å². The monoisotopic (exact) mass is 262 g/mol. The van der Waals surface area contributed by atoms with E-state index in [0.717, 1.165) is 19.4 Å². The van der Waals surface area contributed by atoms with E-state index in [1.165, 1.54) is 0 Å². The predicted octanol–water partition coefficient (Wildman–Crippen LogP) is 0.928. The van der Waals surface area contributed by atoms with Gasteiger partial charge in [0.1, 0.15) is 0 Å². The molecule has 0 unspecified atom stereocenters. The summed E-state index contributed by atoms with van der Waals surface area (Å²) in [6, 6.07) is 7.78. The molecule has 3 N–H and O–H groups in total. The number of aliphatic carboxylic acids is 1. The highest BCUT2D eigenvalue weighted by atomic mass is 16.4. The van der Waals surface area contributed by atoms with E-state index in [1.807, 2.05) is 6.07 Å². The van der Waals surface area contributed by atoms with Crippen LogP contribution in [0.5, 0.6) is 0 Å². The van der Waals surface area contributed by atoms with Gasteiger partial charge in [-0.05, 0) is 24.9 Å². The van der Waals surface area contributed by atoms with Gasteiger partial charge in [-0.25, -0.2) is 4.79 Å². The number of amides is 1. The number of hydrogen-bond donors (Lipinski definition) is 3. The highest BCUT2D eigenvalue weighted by Gasteiger charge is 2.27. The molecule has 1 fully saturated rings. The molecule has 2 atom stereocenters. The van der Waals surface area contributed by atoms with Gasteiger partial charge < -0.3 is 15.7 Å². The molecule has 1 amide bonds. The molecule has 1 aliphatic rings. The van der Waals surface area contributed by atoms with E-state index in [1.54, 1.807) is 24.3 Å². The van der Waals surface area contributed by atoms with Crippen LogP contribution in [0, 0.1) is 5.92 Å². The van der Waals surface area contributed by atoms with E-state index in [-0.39, 0.29) is 11.8 Å². The second-order valence-electron chi connectivity index (χ2n) is 4.73. The van der Waals surface area contributed by atoms with Crippen molar-refractivity contribution < 1.29 is 14.7 Å². The molecule has 1 saturated heterocycles. The van der Waals surface area contributed by atoms with Gasteiger partial charge in [0.2, 0.25) is 5.91 Å². The Kier molecular flexibility index (Phi) is 4.52. The van der Waals surface area contributed by atoms with E-state index < -0.39 is 12.0 Å². The smallest absolute Gasteiger partial charge is 0.330 e. The first-order valence-electron chi connectivity index (χ1n) is 6.47. The molecule has 0 radical (unpaired) electrons. The number of rotatable bonds is 4. The largest absolute Gasteiger partial charge is 0.479 e. The van der Waals surface area contributed by atoms with Gasteiger partial charge in [0, 0.05) is 6.54 Å². The third kappa shape index (κ3) is 3.54. The van der Waals surface area contributed by atoms with Crippen LogP contribution in [-0.2, 0) is 9.59 Å². The summed E-state index contributed by atoms with van der Waals surface area (Å²) in [6.45, 7) is 1.54. The maximum atomic E-state index is 12.1. The zero-order valence-electron chi connectivity index (χ0n) is 10.6. The summed E-state index contributed by atoms with van der Waals surface area (Å²) in [5, 5.41) is 15.0. The zero-order valence-corrected chi connectivity index (χ0v) is 10.6. The normalized spacial score (nSPS) is 20.5. The first kappa shape index (κ1) is 13.5. The van der Waals surface area contributed by atoms with Gasteiger partial charge in [-0.15, -0.1) is 0 Å². The maximum absolute atomic E-state index is 12.1. The molecule has 1 aromatic rings. The van der Waals surface area contributed by atoms with Crippen LogP contribution in [0.4, 0.5) is 0 Å². The van der Waals surface area contributed by atoms with Crippen molar-refractivity contribution in [1.29, 1.82) is 0 Å². The summed E-state index contributed by atoms with van der Waals surface area (Å²) < 4.78 is 0. The second kappa shape index (κ2) is 6.33. The Labute approximate surface area is 112 Å². The van der Waals surface area contributed by atoms with Crippen molar-refractivity contribution in [3.8, 4) is 0 Å². The van der Waals surface area contributed by atoms with E-state index in [9.17, 15) is 14.7 Å². The molecule has 0 saturated carbocycles. The van der Waals surface area contributed by atoms with Crippen LogP contribution < -0.4 is 10.6 Å². The van der Waals surface area contributed by atoms with Crippen LogP contribution in [0.2, 0.25) is 0 Å². The minimum Gasteiger partial charge on any atom is -0.479 e. The Morgan fingerprint density at radius 2 is 2.05 bits per heavy atom. The molecular weight excluding hydrogens is 244 g/mol. The number of carbonyl (C=O) groups is 2.